The van der Waals surface area contributed by atoms with Crippen molar-refractivity contribution in [3.05, 3.63) is 20.5 Å². The summed E-state index contributed by atoms with van der Waals surface area (Å²) >= 11 is 6.26. The van der Waals surface area contributed by atoms with Crippen molar-refractivity contribution in [2.24, 2.45) is 5.73 Å². The predicted octanol–water partition coefficient (Wildman–Crippen LogP) is 1.33. The number of nitro groups is 1. The standard InChI is InChI=1S/C8H12ClN3O4S2/c9-8-6(12(13)14)5-7(17-8)18(15,16)11-4-2-1-3-10/h5,11H,1-4,10H2. The third-order valence-corrected chi connectivity index (χ3v) is 5.30. The largest absolute Gasteiger partial charge is 0.330 e. The third-order valence-electron chi connectivity index (χ3n) is 2.03. The molecule has 0 bridgehead atoms. The van der Waals surface area contributed by atoms with Gasteiger partial charge in [-0.3, -0.25) is 10.1 Å². The van der Waals surface area contributed by atoms with Gasteiger partial charge in [-0.2, -0.15) is 0 Å². The Morgan fingerprint density at radius 2 is 2.17 bits per heavy atom. The molecule has 0 aromatic carbocycles. The highest BCUT2D eigenvalue weighted by molar-refractivity contribution is 7.91. The lowest BCUT2D eigenvalue weighted by Crippen LogP contribution is -2.24. The average Bonchev–Trinajstić information content (AvgIpc) is 2.68. The molecule has 1 rings (SSSR count). The van der Waals surface area contributed by atoms with Crippen LogP contribution in [0.15, 0.2) is 10.3 Å². The molecule has 10 heteroatoms. The molecule has 0 fully saturated rings. The Hall–Kier alpha value is -0.740. The summed E-state index contributed by atoms with van der Waals surface area (Å²) < 4.78 is 25.6. The van der Waals surface area contributed by atoms with Gasteiger partial charge in [-0.05, 0) is 19.4 Å². The van der Waals surface area contributed by atoms with E-state index in [1.165, 1.54) is 0 Å². The van der Waals surface area contributed by atoms with Crippen LogP contribution in [0.4, 0.5) is 5.69 Å². The van der Waals surface area contributed by atoms with Crippen LogP contribution in [0.2, 0.25) is 4.34 Å². The van der Waals surface area contributed by atoms with Gasteiger partial charge in [0.1, 0.15) is 4.21 Å². The van der Waals surface area contributed by atoms with Crippen LogP contribution in [-0.4, -0.2) is 26.4 Å². The Balaban J connectivity index is 2.79. The monoisotopic (exact) mass is 313 g/mol. The van der Waals surface area contributed by atoms with Gasteiger partial charge in [0, 0.05) is 12.6 Å². The fraction of sp³-hybridized carbons (Fsp3) is 0.500. The lowest BCUT2D eigenvalue weighted by molar-refractivity contribution is -0.384. The highest BCUT2D eigenvalue weighted by atomic mass is 35.5. The molecule has 18 heavy (non-hydrogen) atoms. The van der Waals surface area contributed by atoms with Crippen molar-refractivity contribution in [3.8, 4) is 0 Å². The van der Waals surface area contributed by atoms with Crippen molar-refractivity contribution >= 4 is 38.6 Å². The van der Waals surface area contributed by atoms with Gasteiger partial charge in [-0.1, -0.05) is 11.6 Å². The molecule has 0 aliphatic carbocycles. The quantitative estimate of drug-likeness (QED) is 0.447. The van der Waals surface area contributed by atoms with Crippen molar-refractivity contribution in [3.63, 3.8) is 0 Å². The zero-order chi connectivity index (χ0) is 13.8. The van der Waals surface area contributed by atoms with Crippen LogP contribution in [0.1, 0.15) is 12.8 Å². The first kappa shape index (κ1) is 15.3. The Bertz CT molecular complexity index is 528. The normalized spacial score (nSPS) is 11.7. The maximum Gasteiger partial charge on any atom is 0.300 e. The Morgan fingerprint density at radius 3 is 2.67 bits per heavy atom. The average molecular weight is 314 g/mol. The van der Waals surface area contributed by atoms with Crippen LogP contribution in [0.3, 0.4) is 0 Å². The molecule has 0 saturated heterocycles. The van der Waals surface area contributed by atoms with E-state index in [1.54, 1.807) is 0 Å². The van der Waals surface area contributed by atoms with Crippen molar-refractivity contribution in [2.75, 3.05) is 13.1 Å². The van der Waals surface area contributed by atoms with Crippen molar-refractivity contribution in [1.29, 1.82) is 0 Å². The van der Waals surface area contributed by atoms with Crippen LogP contribution in [0.25, 0.3) is 0 Å². The van der Waals surface area contributed by atoms with E-state index < -0.39 is 20.6 Å². The number of sulfonamides is 1. The number of rotatable bonds is 7. The van der Waals surface area contributed by atoms with Crippen molar-refractivity contribution < 1.29 is 13.3 Å². The van der Waals surface area contributed by atoms with Gasteiger partial charge in [-0.25, -0.2) is 13.1 Å². The molecule has 0 aliphatic rings. The molecule has 0 spiro atoms. The van der Waals surface area contributed by atoms with Crippen LogP contribution < -0.4 is 10.5 Å². The van der Waals surface area contributed by atoms with Gasteiger partial charge in [-0.15, -0.1) is 11.3 Å². The first-order valence-corrected chi connectivity index (χ1v) is 7.69. The van der Waals surface area contributed by atoms with E-state index >= 15 is 0 Å². The Labute approximate surface area is 113 Å². The molecule has 0 atom stereocenters. The van der Waals surface area contributed by atoms with E-state index in [0.29, 0.717) is 30.7 Å². The number of nitrogens with zero attached hydrogens (tertiary/aromatic N) is 1. The fourth-order valence-corrected chi connectivity index (χ4v) is 3.93. The van der Waals surface area contributed by atoms with Crippen LogP contribution >= 0.6 is 22.9 Å². The topological polar surface area (TPSA) is 115 Å². The Morgan fingerprint density at radius 1 is 1.50 bits per heavy atom. The van der Waals surface area contributed by atoms with E-state index in [0.717, 1.165) is 6.07 Å². The first-order chi connectivity index (χ1) is 8.38. The SMILES string of the molecule is NCCCCNS(=O)(=O)c1cc([N+](=O)[O-])c(Cl)s1. The number of unbranched alkanes of at least 4 members (excludes halogenated alkanes) is 1. The van der Waals surface area contributed by atoms with E-state index in [-0.39, 0.29) is 15.1 Å². The van der Waals surface area contributed by atoms with Gasteiger partial charge in [0.15, 0.2) is 4.34 Å². The zero-order valence-electron chi connectivity index (χ0n) is 9.26. The summed E-state index contributed by atoms with van der Waals surface area (Å²) in [7, 11) is -3.74. The molecule has 0 radical (unpaired) electrons. The van der Waals surface area contributed by atoms with Gasteiger partial charge >= 0.3 is 0 Å². The fourth-order valence-electron chi connectivity index (χ4n) is 1.14. The molecule has 0 aliphatic heterocycles. The molecule has 1 aromatic heterocycles. The molecule has 3 N–H and O–H groups in total. The molecule has 1 aromatic rings. The van der Waals surface area contributed by atoms with Crippen molar-refractivity contribution in [1.82, 2.24) is 4.72 Å². The second-order valence-electron chi connectivity index (χ2n) is 3.38. The zero-order valence-corrected chi connectivity index (χ0v) is 11.6. The lowest BCUT2D eigenvalue weighted by atomic mass is 10.3. The third kappa shape index (κ3) is 3.89. The summed E-state index contributed by atoms with van der Waals surface area (Å²) in [6.45, 7) is 0.723. The van der Waals surface area contributed by atoms with Gasteiger partial charge in [0.25, 0.3) is 5.69 Å². The molecule has 102 valence electrons. The van der Waals surface area contributed by atoms with Gasteiger partial charge in [0.05, 0.1) is 4.92 Å². The summed E-state index contributed by atoms with van der Waals surface area (Å²) in [6.07, 6.45) is 1.31. The van der Waals surface area contributed by atoms with E-state index in [9.17, 15) is 18.5 Å². The molecule has 0 unspecified atom stereocenters. The second-order valence-corrected chi connectivity index (χ2v) is 7.02. The Kier molecular flexibility index (Phi) is 5.47. The minimum Gasteiger partial charge on any atom is -0.330 e. The summed E-state index contributed by atoms with van der Waals surface area (Å²) in [4.78, 5) is 9.84. The summed E-state index contributed by atoms with van der Waals surface area (Å²) in [6, 6.07) is 0.957. The first-order valence-electron chi connectivity index (χ1n) is 5.02. The number of nitrogens with two attached hydrogens (primary N) is 1. The minimum atomic E-state index is -3.74. The van der Waals surface area contributed by atoms with E-state index in [4.69, 9.17) is 17.3 Å². The lowest BCUT2D eigenvalue weighted by Gasteiger charge is -2.03. The second kappa shape index (κ2) is 6.43. The minimum absolute atomic E-state index is 0.151. The molecule has 7 nitrogen and oxygen atoms in total. The number of halogens is 1. The number of hydrogen-bond acceptors (Lipinski definition) is 6. The molecular formula is C8H12ClN3O4S2. The van der Waals surface area contributed by atoms with E-state index in [1.807, 2.05) is 0 Å². The molecular weight excluding hydrogens is 302 g/mol. The predicted molar refractivity (Wildman–Crippen MR) is 69.5 cm³/mol. The highest BCUT2D eigenvalue weighted by Crippen LogP contribution is 2.35. The van der Waals surface area contributed by atoms with Crippen LogP contribution in [0, 0.1) is 10.1 Å². The van der Waals surface area contributed by atoms with Gasteiger partial charge < -0.3 is 5.73 Å². The molecule has 0 amide bonds. The van der Waals surface area contributed by atoms with Crippen molar-refractivity contribution in [2.45, 2.75) is 17.1 Å². The van der Waals surface area contributed by atoms with Gasteiger partial charge in [0.2, 0.25) is 10.0 Å². The number of thiophene rings is 1. The van der Waals surface area contributed by atoms with Crippen LogP contribution in [-0.2, 0) is 10.0 Å². The molecule has 1 heterocycles. The summed E-state index contributed by atoms with van der Waals surface area (Å²) in [5.74, 6) is 0. The maximum absolute atomic E-state index is 11.8. The number of hydrogen-bond donors (Lipinski definition) is 2. The van der Waals surface area contributed by atoms with E-state index in [2.05, 4.69) is 4.72 Å². The number of nitrogens with one attached hydrogen (secondary N) is 1. The smallest absolute Gasteiger partial charge is 0.300 e. The van der Waals surface area contributed by atoms with Crippen LogP contribution in [0.5, 0.6) is 0 Å². The highest BCUT2D eigenvalue weighted by Gasteiger charge is 2.24. The summed E-state index contributed by atoms with van der Waals surface area (Å²) in [5.41, 5.74) is 4.88. The molecule has 0 saturated carbocycles. The maximum atomic E-state index is 11.8. The summed E-state index contributed by atoms with van der Waals surface area (Å²) in [5, 5.41) is 10.6.